The van der Waals surface area contributed by atoms with Gasteiger partial charge in [-0.15, -0.1) is 0 Å². The number of nitrogens with zero attached hydrogens (tertiary/aromatic N) is 3. The lowest BCUT2D eigenvalue weighted by Crippen LogP contribution is -2.42. The molecule has 0 spiro atoms. The van der Waals surface area contributed by atoms with E-state index in [1.807, 2.05) is 19.1 Å². The second kappa shape index (κ2) is 6.83. The number of carbonyl (C=O) groups is 1. The third kappa shape index (κ3) is 3.08. The predicted molar refractivity (Wildman–Crippen MR) is 97.6 cm³/mol. The summed E-state index contributed by atoms with van der Waals surface area (Å²) in [5.74, 6) is -0.180. The van der Waals surface area contributed by atoms with Gasteiger partial charge in [0.25, 0.3) is 5.56 Å². The first-order valence-corrected chi connectivity index (χ1v) is 7.91. The van der Waals surface area contributed by atoms with Crippen molar-refractivity contribution in [3.8, 4) is 5.75 Å². The number of rotatable bonds is 4. The van der Waals surface area contributed by atoms with Crippen molar-refractivity contribution in [1.29, 1.82) is 0 Å². The van der Waals surface area contributed by atoms with Crippen molar-refractivity contribution in [2.45, 2.75) is 13.5 Å². The number of fused-ring (bicyclic) bond motifs is 1. The summed E-state index contributed by atoms with van der Waals surface area (Å²) in [4.78, 5) is 41.7. The first-order chi connectivity index (χ1) is 12.4. The van der Waals surface area contributed by atoms with Crippen LogP contribution in [-0.2, 0) is 18.4 Å². The molecular weight excluding hydrogens is 336 g/mol. The van der Waals surface area contributed by atoms with Crippen LogP contribution in [-0.4, -0.2) is 27.1 Å². The number of aromatic nitrogens is 3. The molecule has 2 aromatic heterocycles. The molecule has 1 N–H and O–H groups in total. The molecular formula is C18H18N4O4. The Morgan fingerprint density at radius 3 is 2.73 bits per heavy atom. The van der Waals surface area contributed by atoms with Crippen LogP contribution in [0, 0.1) is 6.92 Å². The van der Waals surface area contributed by atoms with Crippen molar-refractivity contribution in [3.63, 3.8) is 0 Å². The highest BCUT2D eigenvalue weighted by atomic mass is 16.5. The Hall–Kier alpha value is -3.42. The maximum absolute atomic E-state index is 12.8. The quantitative estimate of drug-likeness (QED) is 0.756. The summed E-state index contributed by atoms with van der Waals surface area (Å²) in [5, 5.41) is 2.84. The molecule has 8 nitrogen and oxygen atoms in total. The van der Waals surface area contributed by atoms with E-state index in [2.05, 4.69) is 10.3 Å². The van der Waals surface area contributed by atoms with Gasteiger partial charge in [0.15, 0.2) is 5.65 Å². The Morgan fingerprint density at radius 2 is 2.04 bits per heavy atom. The lowest BCUT2D eigenvalue weighted by molar-refractivity contribution is -0.116. The zero-order chi connectivity index (χ0) is 18.8. The van der Waals surface area contributed by atoms with Gasteiger partial charge in [0.05, 0.1) is 7.11 Å². The molecule has 3 aromatic rings. The second-order valence-electron chi connectivity index (χ2n) is 5.86. The largest absolute Gasteiger partial charge is 0.496 e. The summed E-state index contributed by atoms with van der Waals surface area (Å²) in [5.41, 5.74) is 0.544. The van der Waals surface area contributed by atoms with E-state index in [0.717, 1.165) is 10.1 Å². The Bertz CT molecular complexity index is 1110. The van der Waals surface area contributed by atoms with E-state index in [0.29, 0.717) is 11.4 Å². The van der Waals surface area contributed by atoms with E-state index in [-0.39, 0.29) is 11.0 Å². The van der Waals surface area contributed by atoms with E-state index in [9.17, 15) is 14.4 Å². The van der Waals surface area contributed by atoms with Crippen LogP contribution in [0.2, 0.25) is 0 Å². The normalized spacial score (nSPS) is 10.7. The van der Waals surface area contributed by atoms with E-state index in [4.69, 9.17) is 4.74 Å². The number of carbonyl (C=O) groups excluding carboxylic acids is 1. The summed E-state index contributed by atoms with van der Waals surface area (Å²) >= 11 is 0. The van der Waals surface area contributed by atoms with Crippen molar-refractivity contribution >= 4 is 22.6 Å². The summed E-state index contributed by atoms with van der Waals surface area (Å²) in [6, 6.07) is 8.78. The summed E-state index contributed by atoms with van der Waals surface area (Å²) < 4.78 is 7.30. The van der Waals surface area contributed by atoms with Gasteiger partial charge in [-0.2, -0.15) is 0 Å². The Balaban J connectivity index is 2.04. The molecule has 0 fully saturated rings. The standard InChI is InChI=1S/C18H18N4O4/c1-11-5-4-6-12(9-11)20-14(23)10-22-17(24)15-13(26-3)7-8-19-16(15)21(2)18(22)25/h4-9H,10H2,1-3H3,(H,20,23). The molecule has 1 amide bonds. The van der Waals surface area contributed by atoms with Crippen LogP contribution in [0.3, 0.4) is 0 Å². The zero-order valence-electron chi connectivity index (χ0n) is 14.6. The molecule has 3 rings (SSSR count). The lowest BCUT2D eigenvalue weighted by Gasteiger charge is -2.12. The number of methoxy groups -OCH3 is 1. The van der Waals surface area contributed by atoms with Crippen molar-refractivity contribution in [3.05, 3.63) is 62.9 Å². The van der Waals surface area contributed by atoms with Crippen molar-refractivity contribution in [1.82, 2.24) is 14.1 Å². The van der Waals surface area contributed by atoms with Gasteiger partial charge in [0.1, 0.15) is 17.7 Å². The van der Waals surface area contributed by atoms with Crippen molar-refractivity contribution in [2.24, 2.45) is 7.05 Å². The van der Waals surface area contributed by atoms with Crippen LogP contribution in [0.1, 0.15) is 5.56 Å². The summed E-state index contributed by atoms with van der Waals surface area (Å²) in [6.07, 6.45) is 1.45. The molecule has 0 aliphatic rings. The van der Waals surface area contributed by atoms with Gasteiger partial charge in [0, 0.05) is 18.9 Å². The molecule has 2 heterocycles. The number of aryl methyl sites for hydroxylation is 2. The number of amides is 1. The van der Waals surface area contributed by atoms with Gasteiger partial charge in [-0.05, 0) is 30.7 Å². The van der Waals surface area contributed by atoms with Crippen LogP contribution in [0.4, 0.5) is 5.69 Å². The number of nitrogens with one attached hydrogen (secondary N) is 1. The fourth-order valence-corrected chi connectivity index (χ4v) is 2.76. The predicted octanol–water partition coefficient (Wildman–Crippen LogP) is 1.05. The maximum Gasteiger partial charge on any atom is 0.332 e. The van der Waals surface area contributed by atoms with Gasteiger partial charge >= 0.3 is 5.69 Å². The minimum absolute atomic E-state index is 0.153. The zero-order valence-corrected chi connectivity index (χ0v) is 14.6. The fourth-order valence-electron chi connectivity index (χ4n) is 2.76. The molecule has 134 valence electrons. The number of hydrogen-bond donors (Lipinski definition) is 1. The molecule has 0 saturated carbocycles. The number of anilines is 1. The third-order valence-electron chi connectivity index (χ3n) is 4.01. The van der Waals surface area contributed by atoms with E-state index < -0.39 is 23.7 Å². The van der Waals surface area contributed by atoms with Crippen LogP contribution in [0.5, 0.6) is 5.75 Å². The Kier molecular flexibility index (Phi) is 4.57. The third-order valence-corrected chi connectivity index (χ3v) is 4.01. The van der Waals surface area contributed by atoms with Gasteiger partial charge in [0.2, 0.25) is 5.91 Å². The minimum Gasteiger partial charge on any atom is -0.496 e. The Labute approximate surface area is 148 Å². The topological polar surface area (TPSA) is 95.2 Å². The molecule has 8 heteroatoms. The van der Waals surface area contributed by atoms with E-state index >= 15 is 0 Å². The molecule has 1 aromatic carbocycles. The van der Waals surface area contributed by atoms with Gasteiger partial charge in [-0.3, -0.25) is 14.2 Å². The van der Waals surface area contributed by atoms with Crippen LogP contribution in [0.15, 0.2) is 46.1 Å². The first kappa shape index (κ1) is 17.4. The fraction of sp³-hybridized carbons (Fsp3) is 0.222. The van der Waals surface area contributed by atoms with Gasteiger partial charge < -0.3 is 10.1 Å². The second-order valence-corrected chi connectivity index (χ2v) is 5.86. The van der Waals surface area contributed by atoms with Gasteiger partial charge in [-0.1, -0.05) is 12.1 Å². The lowest BCUT2D eigenvalue weighted by atomic mass is 10.2. The Morgan fingerprint density at radius 1 is 1.27 bits per heavy atom. The summed E-state index contributed by atoms with van der Waals surface area (Å²) in [6.45, 7) is 1.49. The molecule has 26 heavy (non-hydrogen) atoms. The van der Waals surface area contributed by atoms with Crippen molar-refractivity contribution in [2.75, 3.05) is 12.4 Å². The minimum atomic E-state index is -0.623. The van der Waals surface area contributed by atoms with E-state index in [1.54, 1.807) is 12.1 Å². The average Bonchev–Trinajstić information content (AvgIpc) is 2.62. The number of hydrogen-bond acceptors (Lipinski definition) is 5. The molecule has 0 aliphatic heterocycles. The molecule has 0 radical (unpaired) electrons. The molecule has 0 unspecified atom stereocenters. The number of benzene rings is 1. The SMILES string of the molecule is COc1ccnc2c1c(=O)n(CC(=O)Nc1cccc(C)c1)c(=O)n2C. The van der Waals surface area contributed by atoms with Crippen LogP contribution < -0.4 is 21.3 Å². The van der Waals surface area contributed by atoms with Gasteiger partial charge in [-0.25, -0.2) is 14.3 Å². The smallest absolute Gasteiger partial charge is 0.332 e. The highest BCUT2D eigenvalue weighted by molar-refractivity contribution is 5.91. The highest BCUT2D eigenvalue weighted by Gasteiger charge is 2.17. The number of pyridine rings is 1. The molecule has 0 atom stereocenters. The maximum atomic E-state index is 12.8. The van der Waals surface area contributed by atoms with Crippen LogP contribution in [0.25, 0.3) is 11.0 Å². The summed E-state index contributed by atoms with van der Waals surface area (Å²) in [7, 11) is 2.92. The van der Waals surface area contributed by atoms with Crippen molar-refractivity contribution < 1.29 is 9.53 Å². The molecule has 0 bridgehead atoms. The highest BCUT2D eigenvalue weighted by Crippen LogP contribution is 2.18. The average molecular weight is 354 g/mol. The molecule has 0 saturated heterocycles. The number of ether oxygens (including phenoxy) is 1. The van der Waals surface area contributed by atoms with E-state index in [1.165, 1.54) is 31.0 Å². The molecule has 0 aliphatic carbocycles. The first-order valence-electron chi connectivity index (χ1n) is 7.91. The van der Waals surface area contributed by atoms with Crippen LogP contribution >= 0.6 is 0 Å². The monoisotopic (exact) mass is 354 g/mol.